The number of hydrogen-bond acceptors (Lipinski definition) is 15. The molecular weight excluding hydrogens is 730 g/mol. The van der Waals surface area contributed by atoms with Gasteiger partial charge in [-0.3, -0.25) is 24.2 Å². The lowest BCUT2D eigenvalue weighted by Gasteiger charge is -2.45. The van der Waals surface area contributed by atoms with Crippen LogP contribution in [0.4, 0.5) is 0 Å². The molecule has 15 nitrogen and oxygen atoms in total. The Kier molecular flexibility index (Phi) is 13.3. The maximum absolute atomic E-state index is 13.8. The molecule has 0 radical (unpaired) electrons. The minimum Gasteiger partial charge on any atom is -0.459 e. The molecule has 0 aliphatic heterocycles. The molecular formula is C41H49NO14. The molecule has 1 fully saturated rings. The van der Waals surface area contributed by atoms with E-state index in [0.29, 0.717) is 0 Å². The second kappa shape index (κ2) is 17.2. The fourth-order valence-corrected chi connectivity index (χ4v) is 7.70. The maximum Gasteiger partial charge on any atom is 0.340 e. The van der Waals surface area contributed by atoms with Crippen molar-refractivity contribution in [2.24, 2.45) is 17.3 Å². The lowest BCUT2D eigenvalue weighted by Crippen LogP contribution is -2.59. The van der Waals surface area contributed by atoms with Gasteiger partial charge in [0.1, 0.15) is 35.6 Å². The number of hydrogen-bond donors (Lipinski definition) is 2. The van der Waals surface area contributed by atoms with E-state index < -0.39 is 107 Å². The second-order valence-electron chi connectivity index (χ2n) is 15.1. The van der Waals surface area contributed by atoms with Crippen molar-refractivity contribution >= 4 is 35.8 Å². The van der Waals surface area contributed by atoms with Crippen LogP contribution in [0.5, 0.6) is 0 Å². The smallest absolute Gasteiger partial charge is 0.340 e. The van der Waals surface area contributed by atoms with Crippen molar-refractivity contribution in [3.63, 3.8) is 0 Å². The van der Waals surface area contributed by atoms with Gasteiger partial charge in [-0.05, 0) is 31.2 Å². The van der Waals surface area contributed by atoms with Gasteiger partial charge in [0.15, 0.2) is 12.2 Å². The Balaban J connectivity index is 2.06. The molecule has 0 spiro atoms. The molecule has 56 heavy (non-hydrogen) atoms. The second-order valence-corrected chi connectivity index (χ2v) is 15.1. The molecule has 15 heteroatoms. The van der Waals surface area contributed by atoms with E-state index in [2.05, 4.69) is 11.6 Å². The largest absolute Gasteiger partial charge is 0.459 e. The van der Waals surface area contributed by atoms with Gasteiger partial charge in [0, 0.05) is 63.4 Å². The highest BCUT2D eigenvalue weighted by atomic mass is 16.6. The zero-order chi connectivity index (χ0) is 41.7. The molecule has 1 saturated carbocycles. The molecule has 1 heterocycles. The third-order valence-corrected chi connectivity index (χ3v) is 9.98. The van der Waals surface area contributed by atoms with E-state index in [1.54, 1.807) is 51.1 Å². The number of aliphatic hydroxyl groups excluding tert-OH is 1. The van der Waals surface area contributed by atoms with E-state index in [1.165, 1.54) is 43.6 Å². The number of carbonyl (C=O) groups is 6. The molecule has 2 aliphatic rings. The van der Waals surface area contributed by atoms with Gasteiger partial charge in [0.05, 0.1) is 17.0 Å². The van der Waals surface area contributed by atoms with Gasteiger partial charge in [-0.2, -0.15) is 0 Å². The van der Waals surface area contributed by atoms with Crippen molar-refractivity contribution in [2.75, 3.05) is 0 Å². The van der Waals surface area contributed by atoms with E-state index in [1.807, 2.05) is 0 Å². The average molecular weight is 780 g/mol. The molecule has 1 unspecified atom stereocenters. The predicted molar refractivity (Wildman–Crippen MR) is 196 cm³/mol. The molecule has 10 atom stereocenters. The fraction of sp³-hybridized carbons (Fsp3) is 0.488. The molecule has 0 bridgehead atoms. The Labute approximate surface area is 325 Å². The summed E-state index contributed by atoms with van der Waals surface area (Å²) in [6, 6.07) is 10.7. The van der Waals surface area contributed by atoms with E-state index in [-0.39, 0.29) is 16.7 Å². The summed E-state index contributed by atoms with van der Waals surface area (Å²) in [6.07, 6.45) is -5.06. The van der Waals surface area contributed by atoms with Crippen molar-refractivity contribution in [3.8, 4) is 0 Å². The van der Waals surface area contributed by atoms with Crippen LogP contribution in [0, 0.1) is 17.3 Å². The molecule has 2 aliphatic carbocycles. The van der Waals surface area contributed by atoms with Gasteiger partial charge in [-0.25, -0.2) is 9.59 Å². The summed E-state index contributed by atoms with van der Waals surface area (Å²) in [6.45, 7) is 14.7. The highest BCUT2D eigenvalue weighted by Crippen LogP contribution is 2.54. The molecule has 4 rings (SSSR count). The molecule has 0 amide bonds. The van der Waals surface area contributed by atoms with Crippen LogP contribution < -0.4 is 0 Å². The molecule has 2 N–H and O–H groups in total. The first kappa shape index (κ1) is 43.3. The lowest BCUT2D eigenvalue weighted by atomic mass is 9.71. The summed E-state index contributed by atoms with van der Waals surface area (Å²) in [5.41, 5.74) is -5.82. The van der Waals surface area contributed by atoms with E-state index in [0.717, 1.165) is 27.7 Å². The number of aromatic nitrogens is 1. The highest BCUT2D eigenvalue weighted by molar-refractivity contribution is 5.90. The Morgan fingerprint density at radius 3 is 1.84 bits per heavy atom. The summed E-state index contributed by atoms with van der Waals surface area (Å²) >= 11 is 0. The summed E-state index contributed by atoms with van der Waals surface area (Å²) in [5, 5.41) is 25.4. The highest BCUT2D eigenvalue weighted by Gasteiger charge is 2.70. The molecule has 2 aromatic rings. The number of aliphatic hydroxyl groups is 2. The number of rotatable bonds is 8. The third-order valence-electron chi connectivity index (χ3n) is 9.98. The van der Waals surface area contributed by atoms with Crippen LogP contribution in [0.2, 0.25) is 0 Å². The van der Waals surface area contributed by atoms with Gasteiger partial charge in [0.2, 0.25) is 0 Å². The first-order chi connectivity index (χ1) is 26.1. The van der Waals surface area contributed by atoms with Crippen LogP contribution in [0.25, 0.3) is 0 Å². The molecule has 1 aromatic carbocycles. The number of pyridine rings is 1. The van der Waals surface area contributed by atoms with E-state index in [9.17, 15) is 39.0 Å². The topological polar surface area (TPSA) is 211 Å². The van der Waals surface area contributed by atoms with Gasteiger partial charge < -0.3 is 38.6 Å². The zero-order valence-corrected chi connectivity index (χ0v) is 32.6. The lowest BCUT2D eigenvalue weighted by molar-refractivity contribution is -0.193. The average Bonchev–Trinajstić information content (AvgIpc) is 3.33. The van der Waals surface area contributed by atoms with E-state index in [4.69, 9.17) is 28.4 Å². The molecule has 0 saturated heterocycles. The van der Waals surface area contributed by atoms with Crippen molar-refractivity contribution in [1.82, 2.24) is 4.98 Å². The quantitative estimate of drug-likeness (QED) is 0.221. The fourth-order valence-electron chi connectivity index (χ4n) is 7.70. The van der Waals surface area contributed by atoms with Crippen molar-refractivity contribution in [3.05, 3.63) is 90.3 Å². The number of ether oxygens (including phenoxy) is 6. The van der Waals surface area contributed by atoms with Gasteiger partial charge in [0.25, 0.3) is 0 Å². The van der Waals surface area contributed by atoms with Crippen LogP contribution in [-0.2, 0) is 47.6 Å². The third kappa shape index (κ3) is 9.51. The van der Waals surface area contributed by atoms with Crippen LogP contribution in [0.3, 0.4) is 0 Å². The standard InChI is InChI=1S/C41H49NO14/c1-22-17-18-39(7,8)36(55-38(49)29-16-13-19-42-20-29)31(47)33(52-25(4)44)23(2)32(51-24(3)43)30-35(54-37(48)28-14-11-10-12-15-28)40(9,56-27(6)46)21-41(30,50)34(22)53-26(5)45/h10-20,22,30-36,47,50H,2,21H2,1,3-9H3/b18-17+/t22-,30?,31+,32-,33-,34-,35+,36+,40+,41+/m0/s1. The van der Waals surface area contributed by atoms with Crippen molar-refractivity contribution in [1.29, 1.82) is 0 Å². The summed E-state index contributed by atoms with van der Waals surface area (Å²) < 4.78 is 35.3. The van der Waals surface area contributed by atoms with Gasteiger partial charge >= 0.3 is 35.8 Å². The monoisotopic (exact) mass is 779 g/mol. The Hall–Kier alpha value is -5.41. The molecule has 302 valence electrons. The maximum atomic E-state index is 13.8. The SMILES string of the molecule is C=C1[C@H](OC(C)=O)C2[C@@H](OC(=O)c3ccccc3)[C@](C)(OC(C)=O)C[C@]2(O)[C@@H](OC(C)=O)[C@@H](C)/C=C/C(C)(C)[C@H](OC(=O)c2cccnc2)[C@H](O)[C@H]1OC(C)=O. The minimum atomic E-state index is -2.38. The normalized spacial score (nSPS) is 31.9. The van der Waals surface area contributed by atoms with Crippen LogP contribution >= 0.6 is 0 Å². The Morgan fingerprint density at radius 1 is 0.732 bits per heavy atom. The number of esters is 6. The first-order valence-corrected chi connectivity index (χ1v) is 18.0. The van der Waals surface area contributed by atoms with Crippen LogP contribution in [0.15, 0.2) is 79.2 Å². The first-order valence-electron chi connectivity index (χ1n) is 18.0. The van der Waals surface area contributed by atoms with Crippen molar-refractivity contribution in [2.45, 2.75) is 110 Å². The van der Waals surface area contributed by atoms with Gasteiger partial charge in [-0.15, -0.1) is 0 Å². The number of nitrogens with zero attached hydrogens (tertiary/aromatic N) is 1. The number of carbonyl (C=O) groups excluding carboxylic acids is 6. The Bertz CT molecular complexity index is 1840. The van der Waals surface area contributed by atoms with E-state index >= 15 is 0 Å². The predicted octanol–water partition coefficient (Wildman–Crippen LogP) is 3.85. The minimum absolute atomic E-state index is 0.0402. The number of fused-ring (bicyclic) bond motifs is 1. The van der Waals surface area contributed by atoms with Crippen LogP contribution in [-0.4, -0.2) is 98.8 Å². The van der Waals surface area contributed by atoms with Gasteiger partial charge in [-0.1, -0.05) is 57.7 Å². The summed E-state index contributed by atoms with van der Waals surface area (Å²) in [5.74, 6) is -7.97. The zero-order valence-electron chi connectivity index (χ0n) is 32.6. The van der Waals surface area contributed by atoms with Crippen LogP contribution in [0.1, 0.15) is 82.5 Å². The van der Waals surface area contributed by atoms with Crippen molar-refractivity contribution < 1.29 is 67.4 Å². The number of benzene rings is 1. The Morgan fingerprint density at radius 2 is 1.29 bits per heavy atom. The summed E-state index contributed by atoms with van der Waals surface area (Å²) in [4.78, 5) is 82.7. The molecule has 1 aromatic heterocycles. The summed E-state index contributed by atoms with van der Waals surface area (Å²) in [7, 11) is 0.